The van der Waals surface area contributed by atoms with Crippen LogP contribution in [0.15, 0.2) is 34.1 Å². The Morgan fingerprint density at radius 2 is 1.83 bits per heavy atom. The first kappa shape index (κ1) is 15.2. The summed E-state index contributed by atoms with van der Waals surface area (Å²) in [5, 5.41) is 0. The van der Waals surface area contributed by atoms with Gasteiger partial charge in [-0.1, -0.05) is 13.8 Å². The van der Waals surface area contributed by atoms with Gasteiger partial charge in [0.1, 0.15) is 5.78 Å². The van der Waals surface area contributed by atoms with Crippen molar-refractivity contribution < 1.29 is 13.2 Å². The zero-order valence-electron chi connectivity index (χ0n) is 10.8. The van der Waals surface area contributed by atoms with Gasteiger partial charge in [-0.25, -0.2) is 8.42 Å². The quantitative estimate of drug-likeness (QED) is 0.755. The molecule has 1 unspecified atom stereocenters. The van der Waals surface area contributed by atoms with E-state index in [2.05, 4.69) is 0 Å². The number of thioether (sulfide) groups is 1. The minimum atomic E-state index is -3.14. The van der Waals surface area contributed by atoms with E-state index in [0.717, 1.165) is 11.3 Å². The lowest BCUT2D eigenvalue weighted by atomic mass is 10.1. The minimum Gasteiger partial charge on any atom is -0.298 e. The van der Waals surface area contributed by atoms with Crippen LogP contribution in [0, 0.1) is 5.92 Å². The molecule has 18 heavy (non-hydrogen) atoms. The van der Waals surface area contributed by atoms with Gasteiger partial charge in [0.05, 0.1) is 10.6 Å². The molecular weight excluding hydrogens is 268 g/mol. The fourth-order valence-electron chi connectivity index (χ4n) is 1.31. The van der Waals surface area contributed by atoms with E-state index < -0.39 is 9.84 Å². The van der Waals surface area contributed by atoms with Crippen molar-refractivity contribution in [2.75, 3.05) is 12.0 Å². The average molecular weight is 286 g/mol. The third kappa shape index (κ3) is 4.46. The van der Waals surface area contributed by atoms with Gasteiger partial charge in [0.15, 0.2) is 9.84 Å². The standard InChI is InChI=1S/C13H18O3S2/c1-4-10(2)13(14)9-17-11-5-7-12(8-6-11)18(3,15)16/h5-8,10H,4,9H2,1-3H3. The predicted octanol–water partition coefficient (Wildman–Crippen LogP) is 2.80. The molecule has 1 atom stereocenters. The molecule has 0 saturated heterocycles. The number of ketones is 1. The second kappa shape index (κ2) is 6.38. The number of carbonyl (C=O) groups is 1. The molecule has 3 nitrogen and oxygen atoms in total. The molecule has 0 amide bonds. The zero-order chi connectivity index (χ0) is 13.8. The van der Waals surface area contributed by atoms with Gasteiger partial charge in [-0.15, -0.1) is 11.8 Å². The van der Waals surface area contributed by atoms with Gasteiger partial charge in [0.25, 0.3) is 0 Å². The molecule has 0 aliphatic rings. The van der Waals surface area contributed by atoms with Crippen molar-refractivity contribution in [3.8, 4) is 0 Å². The maximum absolute atomic E-state index is 11.7. The fraction of sp³-hybridized carbons (Fsp3) is 0.462. The second-order valence-corrected chi connectivity index (χ2v) is 7.37. The number of hydrogen-bond donors (Lipinski definition) is 0. The number of hydrogen-bond acceptors (Lipinski definition) is 4. The smallest absolute Gasteiger partial charge is 0.175 e. The Morgan fingerprint density at radius 1 is 1.28 bits per heavy atom. The molecule has 0 heterocycles. The van der Waals surface area contributed by atoms with E-state index in [9.17, 15) is 13.2 Å². The van der Waals surface area contributed by atoms with Gasteiger partial charge in [0.2, 0.25) is 0 Å². The highest BCUT2D eigenvalue weighted by atomic mass is 32.2. The molecule has 1 aromatic carbocycles. The average Bonchev–Trinajstić information content (AvgIpc) is 2.34. The number of Topliss-reactive ketones (excluding diaryl/α,β-unsaturated/α-hetero) is 1. The molecule has 0 N–H and O–H groups in total. The first-order valence-electron chi connectivity index (χ1n) is 5.80. The van der Waals surface area contributed by atoms with Crippen molar-refractivity contribution in [2.45, 2.75) is 30.1 Å². The maximum Gasteiger partial charge on any atom is 0.175 e. The number of sulfone groups is 1. The summed E-state index contributed by atoms with van der Waals surface area (Å²) >= 11 is 1.45. The zero-order valence-corrected chi connectivity index (χ0v) is 12.5. The van der Waals surface area contributed by atoms with Crippen molar-refractivity contribution >= 4 is 27.4 Å². The summed E-state index contributed by atoms with van der Waals surface area (Å²) in [6.45, 7) is 3.92. The van der Waals surface area contributed by atoms with Crippen LogP contribution >= 0.6 is 11.8 Å². The fourth-order valence-corrected chi connectivity index (χ4v) is 2.86. The number of carbonyl (C=O) groups excluding carboxylic acids is 1. The molecular formula is C13H18O3S2. The third-order valence-corrected chi connectivity index (χ3v) is 4.96. The van der Waals surface area contributed by atoms with Crippen LogP contribution in [0.1, 0.15) is 20.3 Å². The van der Waals surface area contributed by atoms with Gasteiger partial charge in [-0.3, -0.25) is 4.79 Å². The van der Waals surface area contributed by atoms with Crippen LogP contribution in [-0.2, 0) is 14.6 Å². The third-order valence-electron chi connectivity index (χ3n) is 2.79. The number of rotatable bonds is 6. The van der Waals surface area contributed by atoms with Crippen LogP contribution in [-0.4, -0.2) is 26.2 Å². The van der Waals surface area contributed by atoms with Gasteiger partial charge < -0.3 is 0 Å². The lowest BCUT2D eigenvalue weighted by Gasteiger charge is -2.07. The summed E-state index contributed by atoms with van der Waals surface area (Å²) in [5.74, 6) is 0.759. The Hall–Kier alpha value is -0.810. The van der Waals surface area contributed by atoms with E-state index in [-0.39, 0.29) is 11.7 Å². The Balaban J connectivity index is 2.63. The number of benzene rings is 1. The van der Waals surface area contributed by atoms with Crippen molar-refractivity contribution in [2.24, 2.45) is 5.92 Å². The molecule has 1 rings (SSSR count). The van der Waals surface area contributed by atoms with Crippen LogP contribution in [0.25, 0.3) is 0 Å². The van der Waals surface area contributed by atoms with Crippen molar-refractivity contribution in [3.63, 3.8) is 0 Å². The molecule has 5 heteroatoms. The van der Waals surface area contributed by atoms with Crippen LogP contribution in [0.4, 0.5) is 0 Å². The lowest BCUT2D eigenvalue weighted by molar-refractivity contribution is -0.119. The van der Waals surface area contributed by atoms with Crippen molar-refractivity contribution in [1.29, 1.82) is 0 Å². The monoisotopic (exact) mass is 286 g/mol. The molecule has 100 valence electrons. The minimum absolute atomic E-state index is 0.0905. The Labute approximate surface area is 113 Å². The summed E-state index contributed by atoms with van der Waals surface area (Å²) in [6, 6.07) is 6.63. The Bertz CT molecular complexity index is 504. The normalized spacial score (nSPS) is 13.3. The van der Waals surface area contributed by atoms with E-state index in [1.54, 1.807) is 24.3 Å². The Kier molecular flexibility index (Phi) is 5.41. The van der Waals surface area contributed by atoms with Crippen LogP contribution in [0.2, 0.25) is 0 Å². The maximum atomic E-state index is 11.7. The molecule has 0 saturated carbocycles. The van der Waals surface area contributed by atoms with E-state index >= 15 is 0 Å². The van der Waals surface area contributed by atoms with Crippen molar-refractivity contribution in [1.82, 2.24) is 0 Å². The van der Waals surface area contributed by atoms with Crippen LogP contribution in [0.5, 0.6) is 0 Å². The summed E-state index contributed by atoms with van der Waals surface area (Å²) in [7, 11) is -3.14. The molecule has 0 aliphatic heterocycles. The topological polar surface area (TPSA) is 51.2 Å². The van der Waals surface area contributed by atoms with E-state index in [1.807, 2.05) is 13.8 Å². The molecule has 0 bridgehead atoms. The molecule has 0 spiro atoms. The van der Waals surface area contributed by atoms with Gasteiger partial charge in [-0.2, -0.15) is 0 Å². The molecule has 0 aromatic heterocycles. The lowest BCUT2D eigenvalue weighted by Crippen LogP contribution is -2.12. The summed E-state index contributed by atoms with van der Waals surface area (Å²) in [6.07, 6.45) is 2.04. The first-order valence-corrected chi connectivity index (χ1v) is 8.68. The highest BCUT2D eigenvalue weighted by Gasteiger charge is 2.11. The summed E-state index contributed by atoms with van der Waals surface area (Å²) < 4.78 is 22.6. The van der Waals surface area contributed by atoms with E-state index in [0.29, 0.717) is 10.6 Å². The molecule has 0 aliphatic carbocycles. The molecule has 1 aromatic rings. The first-order chi connectivity index (χ1) is 8.34. The van der Waals surface area contributed by atoms with Crippen molar-refractivity contribution in [3.05, 3.63) is 24.3 Å². The highest BCUT2D eigenvalue weighted by Crippen LogP contribution is 2.21. The second-order valence-electron chi connectivity index (χ2n) is 4.31. The van der Waals surface area contributed by atoms with Crippen LogP contribution < -0.4 is 0 Å². The largest absolute Gasteiger partial charge is 0.298 e. The summed E-state index contributed by atoms with van der Waals surface area (Å²) in [4.78, 5) is 12.9. The van der Waals surface area contributed by atoms with Gasteiger partial charge >= 0.3 is 0 Å². The summed E-state index contributed by atoms with van der Waals surface area (Å²) in [5.41, 5.74) is 0. The van der Waals surface area contributed by atoms with Gasteiger partial charge in [0, 0.05) is 17.1 Å². The molecule has 0 fully saturated rings. The van der Waals surface area contributed by atoms with Gasteiger partial charge in [-0.05, 0) is 30.7 Å². The SMILES string of the molecule is CCC(C)C(=O)CSc1ccc(S(C)(=O)=O)cc1. The Morgan fingerprint density at radius 3 is 2.28 bits per heavy atom. The predicted molar refractivity (Wildman–Crippen MR) is 74.7 cm³/mol. The van der Waals surface area contributed by atoms with E-state index in [1.165, 1.54) is 18.0 Å². The van der Waals surface area contributed by atoms with Crippen LogP contribution in [0.3, 0.4) is 0 Å². The van der Waals surface area contributed by atoms with E-state index in [4.69, 9.17) is 0 Å². The highest BCUT2D eigenvalue weighted by molar-refractivity contribution is 8.00. The molecule has 0 radical (unpaired) electrons.